The SMILES string of the molecule is NC(CC(=O)O)C(=O)NCc1nnc2ccccn12. The van der Waals surface area contributed by atoms with Gasteiger partial charge in [-0.25, -0.2) is 0 Å². The number of nitrogens with zero attached hydrogens (tertiary/aromatic N) is 3. The van der Waals surface area contributed by atoms with Gasteiger partial charge in [0.15, 0.2) is 11.5 Å². The van der Waals surface area contributed by atoms with Crippen LogP contribution < -0.4 is 11.1 Å². The van der Waals surface area contributed by atoms with Crippen LogP contribution in [0.25, 0.3) is 5.65 Å². The third-order valence-corrected chi connectivity index (χ3v) is 2.54. The van der Waals surface area contributed by atoms with E-state index in [1.54, 1.807) is 16.7 Å². The van der Waals surface area contributed by atoms with Crippen LogP contribution in [0.4, 0.5) is 0 Å². The van der Waals surface area contributed by atoms with E-state index in [1.807, 2.05) is 12.1 Å². The molecule has 4 N–H and O–H groups in total. The van der Waals surface area contributed by atoms with Gasteiger partial charge in [-0.1, -0.05) is 6.07 Å². The van der Waals surface area contributed by atoms with Crippen LogP contribution in [0.1, 0.15) is 12.2 Å². The van der Waals surface area contributed by atoms with Crippen LogP contribution in [0.5, 0.6) is 0 Å². The number of nitrogens with two attached hydrogens (primary N) is 1. The van der Waals surface area contributed by atoms with Gasteiger partial charge in [0, 0.05) is 6.20 Å². The maximum Gasteiger partial charge on any atom is 0.305 e. The van der Waals surface area contributed by atoms with E-state index in [-0.39, 0.29) is 6.54 Å². The Morgan fingerprint density at radius 3 is 2.95 bits per heavy atom. The number of carbonyl (C=O) groups excluding carboxylic acids is 1. The molecule has 100 valence electrons. The van der Waals surface area contributed by atoms with Crippen LogP contribution in [0.2, 0.25) is 0 Å². The molecule has 0 aliphatic heterocycles. The molecule has 2 heterocycles. The van der Waals surface area contributed by atoms with Gasteiger partial charge in [-0.05, 0) is 12.1 Å². The molecule has 0 bridgehead atoms. The highest BCUT2D eigenvalue weighted by atomic mass is 16.4. The van der Waals surface area contributed by atoms with Crippen molar-refractivity contribution in [2.75, 3.05) is 0 Å². The summed E-state index contributed by atoms with van der Waals surface area (Å²) in [6.45, 7) is 0.136. The average molecular weight is 263 g/mol. The minimum absolute atomic E-state index is 0.136. The summed E-state index contributed by atoms with van der Waals surface area (Å²) >= 11 is 0. The summed E-state index contributed by atoms with van der Waals surface area (Å²) in [5, 5.41) is 18.9. The fourth-order valence-electron chi connectivity index (χ4n) is 1.59. The molecule has 8 heteroatoms. The lowest BCUT2D eigenvalue weighted by molar-refractivity contribution is -0.139. The molecular weight excluding hydrogens is 250 g/mol. The molecule has 0 aromatic carbocycles. The Morgan fingerprint density at radius 1 is 1.42 bits per heavy atom. The average Bonchev–Trinajstić information content (AvgIpc) is 2.78. The minimum atomic E-state index is -1.12. The number of carboxylic acids is 1. The number of nitrogens with one attached hydrogen (secondary N) is 1. The second-order valence-corrected chi connectivity index (χ2v) is 3.97. The molecule has 0 radical (unpaired) electrons. The van der Waals surface area contributed by atoms with Gasteiger partial charge in [-0.15, -0.1) is 10.2 Å². The van der Waals surface area contributed by atoms with Crippen molar-refractivity contribution in [2.45, 2.75) is 19.0 Å². The van der Waals surface area contributed by atoms with E-state index in [4.69, 9.17) is 10.8 Å². The van der Waals surface area contributed by atoms with Gasteiger partial charge < -0.3 is 16.2 Å². The maximum absolute atomic E-state index is 11.6. The van der Waals surface area contributed by atoms with Crippen LogP contribution in [-0.4, -0.2) is 37.6 Å². The number of hydrogen-bond donors (Lipinski definition) is 3. The monoisotopic (exact) mass is 263 g/mol. The summed E-state index contributed by atoms with van der Waals surface area (Å²) in [4.78, 5) is 22.0. The standard InChI is InChI=1S/C11H13N5O3/c12-7(5-10(17)18)11(19)13-6-9-15-14-8-3-1-2-4-16(8)9/h1-4,7H,5-6,12H2,(H,13,19)(H,17,18). The Bertz CT molecular complexity index is 609. The third-order valence-electron chi connectivity index (χ3n) is 2.54. The van der Waals surface area contributed by atoms with Crippen LogP contribution >= 0.6 is 0 Å². The molecule has 1 unspecified atom stereocenters. The highest BCUT2D eigenvalue weighted by molar-refractivity contribution is 5.85. The van der Waals surface area contributed by atoms with Crippen molar-refractivity contribution in [3.63, 3.8) is 0 Å². The van der Waals surface area contributed by atoms with E-state index in [0.717, 1.165) is 0 Å². The first-order valence-corrected chi connectivity index (χ1v) is 5.61. The first-order valence-electron chi connectivity index (χ1n) is 5.61. The zero-order valence-electron chi connectivity index (χ0n) is 9.98. The smallest absolute Gasteiger partial charge is 0.305 e. The van der Waals surface area contributed by atoms with Crippen molar-refractivity contribution < 1.29 is 14.7 Å². The molecule has 0 aliphatic rings. The van der Waals surface area contributed by atoms with Gasteiger partial charge >= 0.3 is 5.97 Å². The van der Waals surface area contributed by atoms with Crippen LogP contribution in [0, 0.1) is 0 Å². The quantitative estimate of drug-likeness (QED) is 0.645. The number of pyridine rings is 1. The highest BCUT2D eigenvalue weighted by Gasteiger charge is 2.17. The summed E-state index contributed by atoms with van der Waals surface area (Å²) in [6, 6.07) is 4.36. The number of aliphatic carboxylic acids is 1. The molecule has 0 saturated heterocycles. The number of hydrogen-bond acceptors (Lipinski definition) is 5. The van der Waals surface area contributed by atoms with Crippen LogP contribution in [0.3, 0.4) is 0 Å². The fourth-order valence-corrected chi connectivity index (χ4v) is 1.59. The third kappa shape index (κ3) is 3.05. The molecule has 0 spiro atoms. The van der Waals surface area contributed by atoms with E-state index in [0.29, 0.717) is 11.5 Å². The van der Waals surface area contributed by atoms with E-state index >= 15 is 0 Å². The van der Waals surface area contributed by atoms with Gasteiger partial charge in [0.2, 0.25) is 5.91 Å². The maximum atomic E-state index is 11.6. The topological polar surface area (TPSA) is 123 Å². The second kappa shape index (κ2) is 5.44. The van der Waals surface area contributed by atoms with Gasteiger partial charge in [-0.3, -0.25) is 14.0 Å². The molecule has 0 aliphatic carbocycles. The number of fused-ring (bicyclic) bond motifs is 1. The van der Waals surface area contributed by atoms with Crippen LogP contribution in [0.15, 0.2) is 24.4 Å². The summed E-state index contributed by atoms with van der Waals surface area (Å²) < 4.78 is 1.73. The van der Waals surface area contributed by atoms with Gasteiger partial charge in [0.25, 0.3) is 0 Å². The zero-order chi connectivity index (χ0) is 13.8. The summed E-state index contributed by atoms with van der Waals surface area (Å²) in [5.74, 6) is -1.10. The largest absolute Gasteiger partial charge is 0.481 e. The lowest BCUT2D eigenvalue weighted by Crippen LogP contribution is -2.41. The summed E-state index contributed by atoms with van der Waals surface area (Å²) in [7, 11) is 0. The lowest BCUT2D eigenvalue weighted by Gasteiger charge is -2.09. The van der Waals surface area contributed by atoms with Crippen molar-refractivity contribution >= 4 is 17.5 Å². The molecule has 8 nitrogen and oxygen atoms in total. The Morgan fingerprint density at radius 2 is 2.21 bits per heavy atom. The van der Waals surface area contributed by atoms with Gasteiger partial charge in [0.1, 0.15) is 0 Å². The number of amides is 1. The normalized spacial score (nSPS) is 12.3. The second-order valence-electron chi connectivity index (χ2n) is 3.97. The molecule has 1 amide bonds. The molecule has 0 fully saturated rings. The first-order chi connectivity index (χ1) is 9.08. The number of rotatable bonds is 5. The number of carboxylic acid groups (broad SMARTS) is 1. The first kappa shape index (κ1) is 13.0. The number of carbonyl (C=O) groups is 2. The molecular formula is C11H13N5O3. The van der Waals surface area contributed by atoms with Crippen molar-refractivity contribution in [1.82, 2.24) is 19.9 Å². The van der Waals surface area contributed by atoms with Gasteiger partial charge in [-0.2, -0.15) is 0 Å². The summed E-state index contributed by atoms with van der Waals surface area (Å²) in [6.07, 6.45) is 1.36. The number of aromatic nitrogens is 3. The Kier molecular flexibility index (Phi) is 3.71. The van der Waals surface area contributed by atoms with E-state index in [2.05, 4.69) is 15.5 Å². The van der Waals surface area contributed by atoms with E-state index < -0.39 is 24.3 Å². The molecule has 1 atom stereocenters. The van der Waals surface area contributed by atoms with Crippen molar-refractivity contribution in [3.8, 4) is 0 Å². The molecule has 2 aromatic heterocycles. The Balaban J connectivity index is 1.99. The van der Waals surface area contributed by atoms with E-state index in [1.165, 1.54) is 0 Å². The lowest BCUT2D eigenvalue weighted by atomic mass is 10.2. The van der Waals surface area contributed by atoms with Crippen molar-refractivity contribution in [1.29, 1.82) is 0 Å². The molecule has 2 rings (SSSR count). The zero-order valence-corrected chi connectivity index (χ0v) is 9.98. The fraction of sp³-hybridized carbons (Fsp3) is 0.273. The molecule has 19 heavy (non-hydrogen) atoms. The Hall–Kier alpha value is -2.48. The molecule has 0 saturated carbocycles. The predicted molar refractivity (Wildman–Crippen MR) is 65.1 cm³/mol. The van der Waals surface area contributed by atoms with Crippen molar-refractivity contribution in [2.24, 2.45) is 5.73 Å². The minimum Gasteiger partial charge on any atom is -0.481 e. The predicted octanol–water partition coefficient (Wildman–Crippen LogP) is -0.852. The highest BCUT2D eigenvalue weighted by Crippen LogP contribution is 2.02. The van der Waals surface area contributed by atoms with E-state index in [9.17, 15) is 9.59 Å². The molecule has 2 aromatic rings. The summed E-state index contributed by atoms with van der Waals surface area (Å²) in [5.41, 5.74) is 6.10. The Labute approximate surface area is 108 Å². The van der Waals surface area contributed by atoms with Gasteiger partial charge in [0.05, 0.1) is 19.0 Å². The van der Waals surface area contributed by atoms with Crippen LogP contribution in [-0.2, 0) is 16.1 Å². The van der Waals surface area contributed by atoms with Crippen molar-refractivity contribution in [3.05, 3.63) is 30.2 Å².